The molecule has 0 aliphatic heterocycles. The monoisotopic (exact) mass is 335 g/mol. The molecule has 1 unspecified atom stereocenters. The van der Waals surface area contributed by atoms with Crippen molar-refractivity contribution in [3.63, 3.8) is 0 Å². The molecule has 0 saturated carbocycles. The maximum atomic E-state index is 10.2. The Bertz CT molecular complexity index is 755. The molecule has 3 aromatic rings. The van der Waals surface area contributed by atoms with Crippen LogP contribution in [0.4, 0.5) is 0 Å². The predicted octanol–water partition coefficient (Wildman–Crippen LogP) is 3.46. The van der Waals surface area contributed by atoms with Gasteiger partial charge >= 0.3 is 0 Å². The zero-order chi connectivity index (χ0) is 15.5. The summed E-state index contributed by atoms with van der Waals surface area (Å²) in [7, 11) is 0. The predicted molar refractivity (Wildman–Crippen MR) is 88.3 cm³/mol. The lowest BCUT2D eigenvalue weighted by Crippen LogP contribution is -2.21. The zero-order valence-corrected chi connectivity index (χ0v) is 13.2. The van der Waals surface area contributed by atoms with E-state index in [9.17, 15) is 5.11 Å². The molecule has 114 valence electrons. The van der Waals surface area contributed by atoms with Crippen molar-refractivity contribution in [1.82, 2.24) is 14.7 Å². The topological polar surface area (TPSA) is 49.6 Å². The van der Waals surface area contributed by atoms with Crippen LogP contribution in [-0.2, 0) is 6.54 Å². The van der Waals surface area contributed by atoms with E-state index in [4.69, 9.17) is 23.2 Å². The van der Waals surface area contributed by atoms with Gasteiger partial charge in [0.05, 0.1) is 11.8 Å². The molecule has 0 aliphatic carbocycles. The number of halogens is 2. The average Bonchev–Trinajstić information content (AvgIpc) is 2.89. The summed E-state index contributed by atoms with van der Waals surface area (Å²) < 4.78 is 1.96. The van der Waals surface area contributed by atoms with Crippen LogP contribution in [-0.4, -0.2) is 21.0 Å². The van der Waals surface area contributed by atoms with Gasteiger partial charge in [0.15, 0.2) is 0 Å². The summed E-state index contributed by atoms with van der Waals surface area (Å²) in [6.45, 7) is 0.958. The van der Waals surface area contributed by atoms with Crippen LogP contribution in [0.2, 0.25) is 10.0 Å². The van der Waals surface area contributed by atoms with E-state index in [1.807, 2.05) is 35.0 Å². The van der Waals surface area contributed by atoms with E-state index in [0.29, 0.717) is 28.7 Å². The number of rotatable bonds is 5. The SMILES string of the molecule is OC(CNCc1cn2ccccc2n1)c1ccc(Cl)cc1Cl. The number of imidazole rings is 1. The summed E-state index contributed by atoms with van der Waals surface area (Å²) in [6, 6.07) is 10.9. The Morgan fingerprint density at radius 3 is 2.86 bits per heavy atom. The quantitative estimate of drug-likeness (QED) is 0.750. The first-order valence-electron chi connectivity index (χ1n) is 6.90. The molecule has 0 fully saturated rings. The number of hydrogen-bond acceptors (Lipinski definition) is 3. The number of aliphatic hydroxyl groups is 1. The minimum absolute atomic E-state index is 0.384. The number of fused-ring (bicyclic) bond motifs is 1. The van der Waals surface area contributed by atoms with Gasteiger partial charge in [0.2, 0.25) is 0 Å². The molecular formula is C16H15Cl2N3O. The first kappa shape index (κ1) is 15.3. The van der Waals surface area contributed by atoms with E-state index in [2.05, 4.69) is 10.3 Å². The molecule has 1 aromatic carbocycles. The van der Waals surface area contributed by atoms with Gasteiger partial charge in [-0.05, 0) is 24.3 Å². The highest BCUT2D eigenvalue weighted by molar-refractivity contribution is 6.35. The summed E-state index contributed by atoms with van der Waals surface area (Å²) in [5.41, 5.74) is 2.48. The summed E-state index contributed by atoms with van der Waals surface area (Å²) >= 11 is 11.9. The Balaban J connectivity index is 1.60. The van der Waals surface area contributed by atoms with Crippen LogP contribution in [0, 0.1) is 0 Å². The molecule has 2 N–H and O–H groups in total. The minimum Gasteiger partial charge on any atom is -0.387 e. The van der Waals surface area contributed by atoms with E-state index in [0.717, 1.165) is 11.3 Å². The molecular weight excluding hydrogens is 321 g/mol. The molecule has 0 amide bonds. The molecule has 0 bridgehead atoms. The number of aromatic nitrogens is 2. The number of pyridine rings is 1. The van der Waals surface area contributed by atoms with Crippen molar-refractivity contribution < 1.29 is 5.11 Å². The molecule has 4 nitrogen and oxygen atoms in total. The summed E-state index contributed by atoms with van der Waals surface area (Å²) in [6.07, 6.45) is 3.22. The van der Waals surface area contributed by atoms with E-state index >= 15 is 0 Å². The Labute approximate surface area is 138 Å². The molecule has 6 heteroatoms. The van der Waals surface area contributed by atoms with Crippen molar-refractivity contribution in [2.24, 2.45) is 0 Å². The fourth-order valence-electron chi connectivity index (χ4n) is 2.29. The Hall–Kier alpha value is -1.59. The first-order chi connectivity index (χ1) is 10.6. The van der Waals surface area contributed by atoms with Crippen LogP contribution in [0.25, 0.3) is 5.65 Å². The second-order valence-corrected chi connectivity index (χ2v) is 5.85. The summed E-state index contributed by atoms with van der Waals surface area (Å²) in [5, 5.41) is 14.4. The smallest absolute Gasteiger partial charge is 0.137 e. The number of nitrogens with one attached hydrogen (secondary N) is 1. The van der Waals surface area contributed by atoms with Gasteiger partial charge in [-0.2, -0.15) is 0 Å². The van der Waals surface area contributed by atoms with Gasteiger partial charge in [-0.3, -0.25) is 0 Å². The van der Waals surface area contributed by atoms with Gasteiger partial charge in [-0.25, -0.2) is 4.98 Å². The lowest BCUT2D eigenvalue weighted by Gasteiger charge is -2.13. The zero-order valence-electron chi connectivity index (χ0n) is 11.7. The third-order valence-electron chi connectivity index (χ3n) is 3.38. The number of nitrogens with zero attached hydrogens (tertiary/aromatic N) is 2. The molecule has 0 aliphatic rings. The number of benzene rings is 1. The van der Waals surface area contributed by atoms with Crippen molar-refractivity contribution in [3.05, 3.63) is 70.1 Å². The van der Waals surface area contributed by atoms with Crippen LogP contribution in [0.3, 0.4) is 0 Å². The van der Waals surface area contributed by atoms with E-state index < -0.39 is 6.10 Å². The fraction of sp³-hybridized carbons (Fsp3) is 0.188. The summed E-state index contributed by atoms with van der Waals surface area (Å²) in [4.78, 5) is 4.49. The molecule has 2 aromatic heterocycles. The molecule has 3 rings (SSSR count). The van der Waals surface area contributed by atoms with Crippen molar-refractivity contribution in [1.29, 1.82) is 0 Å². The van der Waals surface area contributed by atoms with Crippen molar-refractivity contribution in [2.45, 2.75) is 12.6 Å². The van der Waals surface area contributed by atoms with E-state index in [-0.39, 0.29) is 0 Å². The second kappa shape index (κ2) is 6.67. The van der Waals surface area contributed by atoms with Gasteiger partial charge in [-0.1, -0.05) is 35.3 Å². The largest absolute Gasteiger partial charge is 0.387 e. The van der Waals surface area contributed by atoms with E-state index in [1.54, 1.807) is 18.2 Å². The van der Waals surface area contributed by atoms with Crippen LogP contribution in [0.15, 0.2) is 48.8 Å². The molecule has 0 saturated heterocycles. The van der Waals surface area contributed by atoms with Crippen molar-refractivity contribution >= 4 is 28.8 Å². The normalized spacial score (nSPS) is 12.7. The summed E-state index contributed by atoms with van der Waals surface area (Å²) in [5.74, 6) is 0. The fourth-order valence-corrected chi connectivity index (χ4v) is 2.83. The molecule has 2 heterocycles. The molecule has 0 spiro atoms. The highest BCUT2D eigenvalue weighted by Gasteiger charge is 2.12. The van der Waals surface area contributed by atoms with Gasteiger partial charge < -0.3 is 14.8 Å². The molecule has 0 radical (unpaired) electrons. The number of aliphatic hydroxyl groups excluding tert-OH is 1. The lowest BCUT2D eigenvalue weighted by molar-refractivity contribution is 0.174. The van der Waals surface area contributed by atoms with Crippen LogP contribution < -0.4 is 5.32 Å². The maximum Gasteiger partial charge on any atom is 0.137 e. The highest BCUT2D eigenvalue weighted by Crippen LogP contribution is 2.25. The minimum atomic E-state index is -0.693. The second-order valence-electron chi connectivity index (χ2n) is 5.01. The highest BCUT2D eigenvalue weighted by atomic mass is 35.5. The molecule has 1 atom stereocenters. The van der Waals surface area contributed by atoms with Crippen LogP contribution >= 0.6 is 23.2 Å². The Kier molecular flexibility index (Phi) is 4.64. The maximum absolute atomic E-state index is 10.2. The van der Waals surface area contributed by atoms with Gasteiger partial charge in [0, 0.05) is 41.1 Å². The van der Waals surface area contributed by atoms with Gasteiger partial charge in [0.25, 0.3) is 0 Å². The third kappa shape index (κ3) is 3.42. The average molecular weight is 336 g/mol. The van der Waals surface area contributed by atoms with Gasteiger partial charge in [0.1, 0.15) is 5.65 Å². The Morgan fingerprint density at radius 2 is 2.09 bits per heavy atom. The van der Waals surface area contributed by atoms with Gasteiger partial charge in [-0.15, -0.1) is 0 Å². The molecule has 22 heavy (non-hydrogen) atoms. The van der Waals surface area contributed by atoms with Crippen molar-refractivity contribution in [2.75, 3.05) is 6.54 Å². The number of hydrogen-bond donors (Lipinski definition) is 2. The third-order valence-corrected chi connectivity index (χ3v) is 3.94. The first-order valence-corrected chi connectivity index (χ1v) is 7.65. The lowest BCUT2D eigenvalue weighted by atomic mass is 10.1. The van der Waals surface area contributed by atoms with Crippen molar-refractivity contribution in [3.8, 4) is 0 Å². The van der Waals surface area contributed by atoms with E-state index in [1.165, 1.54) is 0 Å². The van der Waals surface area contributed by atoms with Crippen LogP contribution in [0.1, 0.15) is 17.4 Å². The van der Waals surface area contributed by atoms with Crippen LogP contribution in [0.5, 0.6) is 0 Å². The standard InChI is InChI=1S/C16H15Cl2N3O/c17-11-4-5-13(14(18)7-11)15(22)9-19-8-12-10-21-6-2-1-3-16(21)20-12/h1-7,10,15,19,22H,8-9H2. The Morgan fingerprint density at radius 1 is 1.23 bits per heavy atom.